The number of hydrogen-bond donors (Lipinski definition) is 2. The highest BCUT2D eigenvalue weighted by molar-refractivity contribution is 6.35. The van der Waals surface area contributed by atoms with Crippen LogP contribution in [0, 0.1) is 11.8 Å². The lowest BCUT2D eigenvalue weighted by Gasteiger charge is -2.21. The second-order valence-electron chi connectivity index (χ2n) is 4.99. The number of fused-ring (bicyclic) bond motifs is 2. The fourth-order valence-electron chi connectivity index (χ4n) is 2.77. The Bertz CT molecular complexity index is 626. The van der Waals surface area contributed by atoms with Crippen LogP contribution in [0.5, 0.6) is 0 Å². The molecular formula is C14H11Cl2NO4. The van der Waals surface area contributed by atoms with Crippen LogP contribution >= 0.6 is 23.2 Å². The van der Waals surface area contributed by atoms with Crippen molar-refractivity contribution in [2.24, 2.45) is 11.8 Å². The number of carboxylic acid groups (broad SMARTS) is 1. The van der Waals surface area contributed by atoms with Crippen LogP contribution in [0.4, 0.5) is 5.69 Å². The number of benzene rings is 1. The molecule has 1 saturated heterocycles. The highest BCUT2D eigenvalue weighted by atomic mass is 35.5. The van der Waals surface area contributed by atoms with Crippen LogP contribution in [-0.4, -0.2) is 29.2 Å². The molecule has 2 aliphatic rings. The molecule has 0 unspecified atom stereocenters. The van der Waals surface area contributed by atoms with E-state index in [9.17, 15) is 14.7 Å². The average Bonchev–Trinajstić information content (AvgIpc) is 2.96. The van der Waals surface area contributed by atoms with Gasteiger partial charge in [0.2, 0.25) is 5.91 Å². The second kappa shape index (κ2) is 5.33. The number of carbonyl (C=O) groups excluding carboxylic acids is 1. The van der Waals surface area contributed by atoms with Crippen molar-refractivity contribution < 1.29 is 19.4 Å². The number of hydrogen-bond acceptors (Lipinski definition) is 3. The Kier molecular flexibility index (Phi) is 3.65. The van der Waals surface area contributed by atoms with Crippen molar-refractivity contribution in [1.82, 2.24) is 0 Å². The van der Waals surface area contributed by atoms with E-state index in [0.29, 0.717) is 15.7 Å². The van der Waals surface area contributed by atoms with Gasteiger partial charge in [0.15, 0.2) is 0 Å². The van der Waals surface area contributed by atoms with E-state index in [0.717, 1.165) is 0 Å². The van der Waals surface area contributed by atoms with E-state index in [2.05, 4.69) is 5.32 Å². The molecule has 0 spiro atoms. The number of carbonyl (C=O) groups is 2. The van der Waals surface area contributed by atoms with E-state index in [4.69, 9.17) is 27.9 Å². The fraction of sp³-hybridized carbons (Fsp3) is 0.286. The van der Waals surface area contributed by atoms with Gasteiger partial charge in [0.05, 0.1) is 18.1 Å². The van der Waals surface area contributed by atoms with E-state index >= 15 is 0 Å². The zero-order chi connectivity index (χ0) is 15.1. The van der Waals surface area contributed by atoms with Gasteiger partial charge in [-0.25, -0.2) is 0 Å². The number of amides is 1. The van der Waals surface area contributed by atoms with Gasteiger partial charge in [0.1, 0.15) is 5.92 Å². The maximum atomic E-state index is 12.4. The average molecular weight is 328 g/mol. The maximum absolute atomic E-state index is 12.4. The standard InChI is InChI=1S/C14H11Cl2NO4/c15-6-3-7(16)5-8(4-6)17-13(18)11-9-1-2-10(21-9)12(11)14(19)20/h1-5,9-12H,(H,17,18)(H,19,20)/t9-,10+,11+,12-/m1/s1. The quantitative estimate of drug-likeness (QED) is 0.836. The summed E-state index contributed by atoms with van der Waals surface area (Å²) in [6.45, 7) is 0. The van der Waals surface area contributed by atoms with Gasteiger partial charge in [-0.1, -0.05) is 35.4 Å². The van der Waals surface area contributed by atoms with Gasteiger partial charge in [0.25, 0.3) is 0 Å². The molecule has 1 amide bonds. The molecule has 4 atom stereocenters. The first-order valence-corrected chi connectivity index (χ1v) is 7.05. The smallest absolute Gasteiger partial charge is 0.310 e. The summed E-state index contributed by atoms with van der Waals surface area (Å²) in [5.41, 5.74) is 0.424. The maximum Gasteiger partial charge on any atom is 0.310 e. The first kappa shape index (κ1) is 14.4. The molecule has 2 N–H and O–H groups in total. The topological polar surface area (TPSA) is 75.6 Å². The molecule has 0 aliphatic carbocycles. The van der Waals surface area contributed by atoms with Crippen LogP contribution in [0.1, 0.15) is 0 Å². The molecule has 2 heterocycles. The van der Waals surface area contributed by atoms with Crippen molar-refractivity contribution in [2.75, 3.05) is 5.32 Å². The highest BCUT2D eigenvalue weighted by Crippen LogP contribution is 2.40. The third kappa shape index (κ3) is 2.64. The zero-order valence-electron chi connectivity index (χ0n) is 10.6. The first-order valence-electron chi connectivity index (χ1n) is 6.29. The SMILES string of the molecule is O=C(Nc1cc(Cl)cc(Cl)c1)[C@@H]1[C@H](C(=O)O)[C@@H]2C=C[C@H]1O2. The summed E-state index contributed by atoms with van der Waals surface area (Å²) in [5, 5.41) is 12.7. The summed E-state index contributed by atoms with van der Waals surface area (Å²) in [4.78, 5) is 23.7. The molecule has 5 nitrogen and oxygen atoms in total. The van der Waals surface area contributed by atoms with Crippen LogP contribution in [0.3, 0.4) is 0 Å². The molecule has 2 aliphatic heterocycles. The molecule has 21 heavy (non-hydrogen) atoms. The number of rotatable bonds is 3. The Morgan fingerprint density at radius 3 is 2.19 bits per heavy atom. The summed E-state index contributed by atoms with van der Waals surface area (Å²) in [7, 11) is 0. The molecular weight excluding hydrogens is 317 g/mol. The summed E-state index contributed by atoms with van der Waals surface area (Å²) in [6.07, 6.45) is 2.35. The Balaban J connectivity index is 1.82. The molecule has 2 bridgehead atoms. The predicted molar refractivity (Wildman–Crippen MR) is 77.5 cm³/mol. The van der Waals surface area contributed by atoms with Gasteiger partial charge in [-0.2, -0.15) is 0 Å². The van der Waals surface area contributed by atoms with Crippen molar-refractivity contribution >= 4 is 40.8 Å². The van der Waals surface area contributed by atoms with Crippen LogP contribution in [-0.2, 0) is 14.3 Å². The monoisotopic (exact) mass is 327 g/mol. The van der Waals surface area contributed by atoms with Crippen molar-refractivity contribution in [3.05, 3.63) is 40.4 Å². The van der Waals surface area contributed by atoms with E-state index < -0.39 is 35.9 Å². The van der Waals surface area contributed by atoms with Crippen LogP contribution in [0.2, 0.25) is 10.0 Å². The Morgan fingerprint density at radius 1 is 1.05 bits per heavy atom. The summed E-state index contributed by atoms with van der Waals surface area (Å²) < 4.78 is 5.46. The third-order valence-corrected chi connectivity index (χ3v) is 4.05. The number of nitrogens with one attached hydrogen (secondary N) is 1. The van der Waals surface area contributed by atoms with Gasteiger partial charge in [-0.3, -0.25) is 9.59 Å². The second-order valence-corrected chi connectivity index (χ2v) is 5.86. The Morgan fingerprint density at radius 2 is 1.62 bits per heavy atom. The fourth-order valence-corrected chi connectivity index (χ4v) is 3.29. The molecule has 0 radical (unpaired) electrons. The number of halogens is 2. The molecule has 0 saturated carbocycles. The largest absolute Gasteiger partial charge is 0.481 e. The lowest BCUT2D eigenvalue weighted by molar-refractivity contribution is -0.145. The molecule has 1 aromatic carbocycles. The summed E-state index contributed by atoms with van der Waals surface area (Å²) in [6, 6.07) is 4.64. The van der Waals surface area contributed by atoms with Gasteiger partial charge in [-0.05, 0) is 18.2 Å². The Hall–Kier alpha value is -1.56. The lowest BCUT2D eigenvalue weighted by atomic mass is 9.82. The van der Waals surface area contributed by atoms with Gasteiger partial charge in [-0.15, -0.1) is 0 Å². The molecule has 0 aromatic heterocycles. The molecule has 110 valence electrons. The van der Waals surface area contributed by atoms with E-state index in [-0.39, 0.29) is 0 Å². The highest BCUT2D eigenvalue weighted by Gasteiger charge is 2.53. The number of ether oxygens (including phenoxy) is 1. The van der Waals surface area contributed by atoms with Gasteiger partial charge < -0.3 is 15.2 Å². The molecule has 1 aromatic rings. The number of carboxylic acids is 1. The van der Waals surface area contributed by atoms with Crippen LogP contribution in [0.15, 0.2) is 30.4 Å². The molecule has 1 fully saturated rings. The van der Waals surface area contributed by atoms with E-state index in [1.807, 2.05) is 0 Å². The predicted octanol–water partition coefficient (Wildman–Crippen LogP) is 2.59. The van der Waals surface area contributed by atoms with Crippen LogP contribution in [0.25, 0.3) is 0 Å². The minimum absolute atomic E-state index is 0.386. The number of aliphatic carboxylic acids is 1. The van der Waals surface area contributed by atoms with Crippen molar-refractivity contribution in [2.45, 2.75) is 12.2 Å². The third-order valence-electron chi connectivity index (χ3n) is 3.62. The summed E-state index contributed by atoms with van der Waals surface area (Å²) in [5.74, 6) is -3.11. The van der Waals surface area contributed by atoms with E-state index in [1.165, 1.54) is 0 Å². The zero-order valence-corrected chi connectivity index (χ0v) is 12.1. The number of anilines is 1. The lowest BCUT2D eigenvalue weighted by Crippen LogP contribution is -2.39. The molecule has 3 rings (SSSR count). The normalized spacial score (nSPS) is 29.6. The van der Waals surface area contributed by atoms with E-state index in [1.54, 1.807) is 30.4 Å². The van der Waals surface area contributed by atoms with Gasteiger partial charge in [0, 0.05) is 15.7 Å². The summed E-state index contributed by atoms with van der Waals surface area (Å²) >= 11 is 11.7. The van der Waals surface area contributed by atoms with Crippen molar-refractivity contribution in [3.63, 3.8) is 0 Å². The van der Waals surface area contributed by atoms with Crippen molar-refractivity contribution in [3.8, 4) is 0 Å². The first-order chi connectivity index (χ1) is 9.95. The van der Waals surface area contributed by atoms with Gasteiger partial charge >= 0.3 is 5.97 Å². The minimum atomic E-state index is -1.05. The minimum Gasteiger partial charge on any atom is -0.481 e. The molecule has 7 heteroatoms. The van der Waals surface area contributed by atoms with Crippen LogP contribution < -0.4 is 5.32 Å². The van der Waals surface area contributed by atoms with Crippen molar-refractivity contribution in [1.29, 1.82) is 0 Å². The Labute approximate surface area is 130 Å².